The number of nitrogens with one attached hydrogen (secondary N) is 1. The van der Waals surface area contributed by atoms with Crippen molar-refractivity contribution in [3.05, 3.63) is 24.1 Å². The number of nitrogens with zero attached hydrogens (tertiary/aromatic N) is 2. The number of thioether (sulfide) groups is 1. The molecule has 1 amide bonds. The molecule has 5 heterocycles. The Morgan fingerprint density at radius 2 is 2.22 bits per heavy atom. The van der Waals surface area contributed by atoms with Crippen LogP contribution in [0.25, 0.3) is 11.1 Å². The summed E-state index contributed by atoms with van der Waals surface area (Å²) in [6, 6.07) is 4.27. The molecule has 0 saturated carbocycles. The first-order chi connectivity index (χ1) is 11.2. The van der Waals surface area contributed by atoms with Crippen LogP contribution < -0.4 is 5.32 Å². The van der Waals surface area contributed by atoms with Gasteiger partial charge in [-0.1, -0.05) is 0 Å². The Hall–Kier alpha value is -1.53. The molecule has 0 unspecified atom stereocenters. The Kier molecular flexibility index (Phi) is 3.81. The minimum Gasteiger partial charge on any atom is -0.461 e. The molecule has 3 fully saturated rings. The topological polar surface area (TPSA) is 58.4 Å². The summed E-state index contributed by atoms with van der Waals surface area (Å²) in [5.74, 6) is 0.519. The van der Waals surface area contributed by atoms with Crippen molar-refractivity contribution in [2.24, 2.45) is 5.92 Å². The van der Waals surface area contributed by atoms with Gasteiger partial charge in [-0.3, -0.25) is 9.69 Å². The molecule has 6 heteroatoms. The number of hydrogen-bond donors (Lipinski definition) is 1. The van der Waals surface area contributed by atoms with Crippen LogP contribution in [0.15, 0.2) is 27.7 Å². The average Bonchev–Trinajstić information content (AvgIpc) is 3.06. The van der Waals surface area contributed by atoms with Gasteiger partial charge in [0.1, 0.15) is 11.2 Å². The normalized spacial score (nSPS) is 29.8. The molecule has 2 atom stereocenters. The first-order valence-corrected chi connectivity index (χ1v) is 9.37. The van der Waals surface area contributed by atoms with Gasteiger partial charge in [-0.15, -0.1) is 11.8 Å². The van der Waals surface area contributed by atoms with Gasteiger partial charge < -0.3 is 9.73 Å². The molecule has 0 aliphatic carbocycles. The van der Waals surface area contributed by atoms with E-state index in [1.165, 1.54) is 12.8 Å². The van der Waals surface area contributed by atoms with Gasteiger partial charge in [-0.2, -0.15) is 0 Å². The number of hydrogen-bond acceptors (Lipinski definition) is 5. The number of carbonyl (C=O) groups is 1. The molecule has 3 saturated heterocycles. The van der Waals surface area contributed by atoms with E-state index >= 15 is 0 Å². The first kappa shape index (κ1) is 15.0. The number of furan rings is 1. The number of piperidine rings is 3. The quantitative estimate of drug-likeness (QED) is 0.877. The van der Waals surface area contributed by atoms with E-state index in [0.717, 1.165) is 29.1 Å². The van der Waals surface area contributed by atoms with Crippen LogP contribution in [-0.4, -0.2) is 47.2 Å². The van der Waals surface area contributed by atoms with Crippen LogP contribution in [0.4, 0.5) is 0 Å². The molecule has 5 nitrogen and oxygen atoms in total. The molecule has 1 N–H and O–H groups in total. The highest BCUT2D eigenvalue weighted by molar-refractivity contribution is 7.98. The summed E-state index contributed by atoms with van der Waals surface area (Å²) in [4.78, 5) is 20.6. The number of rotatable bonds is 3. The summed E-state index contributed by atoms with van der Waals surface area (Å²) in [7, 11) is 0. The average molecular weight is 331 g/mol. The highest BCUT2D eigenvalue weighted by atomic mass is 32.2. The van der Waals surface area contributed by atoms with E-state index in [-0.39, 0.29) is 11.9 Å². The van der Waals surface area contributed by atoms with Crippen molar-refractivity contribution in [2.75, 3.05) is 19.3 Å². The van der Waals surface area contributed by atoms with Gasteiger partial charge >= 0.3 is 0 Å². The molecule has 2 aromatic rings. The van der Waals surface area contributed by atoms with Crippen LogP contribution in [0, 0.1) is 5.92 Å². The van der Waals surface area contributed by atoms with Crippen molar-refractivity contribution in [1.82, 2.24) is 15.2 Å². The lowest BCUT2D eigenvalue weighted by atomic mass is 9.79. The number of carbonyl (C=O) groups excluding carboxylic acids is 1. The zero-order valence-electron chi connectivity index (χ0n) is 13.4. The Labute approximate surface area is 139 Å². The molecule has 0 aromatic carbocycles. The number of fused-ring (bicyclic) bond motifs is 4. The third-order valence-corrected chi connectivity index (χ3v) is 6.05. The second-order valence-electron chi connectivity index (χ2n) is 6.46. The molecule has 3 aliphatic heterocycles. The molecule has 5 rings (SSSR count). The molecule has 0 spiro atoms. The minimum atomic E-state index is -0.0750. The molecule has 2 aromatic heterocycles. The SMILES string of the molecule is CSc1cc(C(=O)N[C@@H]2C3CCN(CC3)[C@@H]2C)nc2ccoc12. The van der Waals surface area contributed by atoms with E-state index in [1.54, 1.807) is 18.0 Å². The van der Waals surface area contributed by atoms with Crippen molar-refractivity contribution >= 4 is 28.8 Å². The zero-order chi connectivity index (χ0) is 16.0. The van der Waals surface area contributed by atoms with Gasteiger partial charge in [0.2, 0.25) is 0 Å². The number of aromatic nitrogens is 1. The van der Waals surface area contributed by atoms with Crippen LogP contribution in [0.5, 0.6) is 0 Å². The van der Waals surface area contributed by atoms with Crippen LogP contribution in [0.3, 0.4) is 0 Å². The molecule has 122 valence electrons. The largest absolute Gasteiger partial charge is 0.461 e. The highest BCUT2D eigenvalue weighted by Crippen LogP contribution is 2.32. The first-order valence-electron chi connectivity index (χ1n) is 8.14. The summed E-state index contributed by atoms with van der Waals surface area (Å²) >= 11 is 1.57. The van der Waals surface area contributed by atoms with E-state index in [1.807, 2.05) is 18.4 Å². The van der Waals surface area contributed by atoms with Gasteiger partial charge in [0.25, 0.3) is 5.91 Å². The van der Waals surface area contributed by atoms with Crippen LogP contribution in [-0.2, 0) is 0 Å². The third-order valence-electron chi connectivity index (χ3n) is 5.31. The van der Waals surface area contributed by atoms with Crippen LogP contribution in [0.2, 0.25) is 0 Å². The molecular formula is C17H21N3O2S. The lowest BCUT2D eigenvalue weighted by Gasteiger charge is -2.49. The molecule has 2 bridgehead atoms. The Morgan fingerprint density at radius 3 is 2.91 bits per heavy atom. The predicted molar refractivity (Wildman–Crippen MR) is 90.8 cm³/mol. The molecule has 3 aliphatic rings. The second-order valence-corrected chi connectivity index (χ2v) is 7.31. The van der Waals surface area contributed by atoms with E-state index in [9.17, 15) is 4.79 Å². The Morgan fingerprint density at radius 1 is 1.43 bits per heavy atom. The van der Waals surface area contributed by atoms with Crippen LogP contribution in [0.1, 0.15) is 30.3 Å². The van der Waals surface area contributed by atoms with E-state index in [0.29, 0.717) is 17.7 Å². The predicted octanol–water partition coefficient (Wildman–Crippen LogP) is 2.76. The maximum absolute atomic E-state index is 12.7. The van der Waals surface area contributed by atoms with Gasteiger partial charge in [-0.25, -0.2) is 4.98 Å². The van der Waals surface area contributed by atoms with E-state index in [4.69, 9.17) is 4.42 Å². The number of pyridine rings is 1. The summed E-state index contributed by atoms with van der Waals surface area (Å²) in [5, 5.41) is 3.24. The molecule has 23 heavy (non-hydrogen) atoms. The second kappa shape index (κ2) is 5.83. The molecule has 0 radical (unpaired) electrons. The van der Waals surface area contributed by atoms with Crippen LogP contribution >= 0.6 is 11.8 Å². The maximum atomic E-state index is 12.7. The van der Waals surface area contributed by atoms with Gasteiger partial charge in [0.05, 0.1) is 11.2 Å². The fraction of sp³-hybridized carbons (Fsp3) is 0.529. The summed E-state index contributed by atoms with van der Waals surface area (Å²) in [5.41, 5.74) is 1.97. The fourth-order valence-electron chi connectivity index (χ4n) is 3.97. The monoisotopic (exact) mass is 331 g/mol. The third kappa shape index (κ3) is 2.54. The van der Waals surface area contributed by atoms with Crippen molar-refractivity contribution in [3.8, 4) is 0 Å². The van der Waals surface area contributed by atoms with Crippen molar-refractivity contribution in [2.45, 2.75) is 36.7 Å². The number of amides is 1. The smallest absolute Gasteiger partial charge is 0.270 e. The highest BCUT2D eigenvalue weighted by Gasteiger charge is 2.40. The maximum Gasteiger partial charge on any atom is 0.270 e. The minimum absolute atomic E-state index is 0.0750. The lowest BCUT2D eigenvalue weighted by Crippen LogP contribution is -2.62. The van der Waals surface area contributed by atoms with Crippen molar-refractivity contribution < 1.29 is 9.21 Å². The van der Waals surface area contributed by atoms with E-state index in [2.05, 4.69) is 22.1 Å². The van der Waals surface area contributed by atoms with Gasteiger partial charge in [0, 0.05) is 18.2 Å². The standard InChI is InChI=1S/C17H21N3O2S/c1-10-15(11-3-6-20(10)7-4-11)19-17(21)13-9-14(23-2)16-12(18-13)5-8-22-16/h5,8-11,15H,3-4,6-7H2,1-2H3,(H,19,21)/t10-,15+/m1/s1. The zero-order valence-corrected chi connectivity index (χ0v) is 14.2. The molecular weight excluding hydrogens is 310 g/mol. The summed E-state index contributed by atoms with van der Waals surface area (Å²) in [6.45, 7) is 4.54. The van der Waals surface area contributed by atoms with Crippen molar-refractivity contribution in [1.29, 1.82) is 0 Å². The van der Waals surface area contributed by atoms with E-state index < -0.39 is 0 Å². The van der Waals surface area contributed by atoms with Gasteiger partial charge in [-0.05, 0) is 51.1 Å². The van der Waals surface area contributed by atoms with Crippen molar-refractivity contribution in [3.63, 3.8) is 0 Å². The Balaban J connectivity index is 1.59. The fourth-order valence-corrected chi connectivity index (χ4v) is 4.53. The Bertz CT molecular complexity index is 735. The lowest BCUT2D eigenvalue weighted by molar-refractivity contribution is 0.0216. The summed E-state index contributed by atoms with van der Waals surface area (Å²) < 4.78 is 5.46. The summed E-state index contributed by atoms with van der Waals surface area (Å²) in [6.07, 6.45) is 5.96. The van der Waals surface area contributed by atoms with Gasteiger partial charge in [0.15, 0.2) is 5.58 Å².